The molecule has 2 unspecified atom stereocenters. The number of hydrogen-bond acceptors (Lipinski definition) is 4. The first-order chi connectivity index (χ1) is 12.8. The summed E-state index contributed by atoms with van der Waals surface area (Å²) in [4.78, 5) is 0. The maximum Gasteiger partial charge on any atom is 0.109 e. The van der Waals surface area contributed by atoms with Gasteiger partial charge in [-0.15, -0.1) is 0 Å². The van der Waals surface area contributed by atoms with Gasteiger partial charge in [-0.05, 0) is 18.4 Å². The van der Waals surface area contributed by atoms with E-state index in [-0.39, 0.29) is 24.4 Å². The minimum absolute atomic E-state index is 0.104. The van der Waals surface area contributed by atoms with Crippen LogP contribution in [0, 0.1) is 0 Å². The van der Waals surface area contributed by atoms with Crippen molar-refractivity contribution in [3.63, 3.8) is 0 Å². The monoisotopic (exact) mass is 361 g/mol. The van der Waals surface area contributed by atoms with Gasteiger partial charge in [0.2, 0.25) is 0 Å². The molecule has 0 spiro atoms. The van der Waals surface area contributed by atoms with Gasteiger partial charge < -0.3 is 19.9 Å². The summed E-state index contributed by atoms with van der Waals surface area (Å²) in [5.41, 5.74) is 7.53. The first-order valence-corrected chi connectivity index (χ1v) is 9.98. The van der Waals surface area contributed by atoms with Gasteiger partial charge >= 0.3 is 0 Å². The van der Waals surface area contributed by atoms with Crippen LogP contribution in [0.3, 0.4) is 0 Å². The third-order valence-corrected chi connectivity index (χ3v) is 4.96. The Morgan fingerprint density at radius 3 is 2.65 bits per heavy atom. The van der Waals surface area contributed by atoms with Gasteiger partial charge in [0.05, 0.1) is 25.4 Å². The van der Waals surface area contributed by atoms with E-state index in [1.807, 2.05) is 18.2 Å². The molecule has 0 saturated carbocycles. The molecule has 1 aliphatic heterocycles. The lowest BCUT2D eigenvalue weighted by Crippen LogP contribution is -2.58. The van der Waals surface area contributed by atoms with E-state index >= 15 is 0 Å². The quantitative estimate of drug-likeness (QED) is 0.473. The Morgan fingerprint density at radius 2 is 1.92 bits per heavy atom. The molecular formula is C22H35NO3. The molecule has 1 aliphatic rings. The fourth-order valence-corrected chi connectivity index (χ4v) is 3.36. The Morgan fingerprint density at radius 1 is 1.15 bits per heavy atom. The molecule has 0 radical (unpaired) electrons. The van der Waals surface area contributed by atoms with E-state index in [9.17, 15) is 0 Å². The summed E-state index contributed by atoms with van der Waals surface area (Å²) in [6, 6.07) is 9.92. The lowest BCUT2D eigenvalue weighted by atomic mass is 9.97. The second-order valence-corrected chi connectivity index (χ2v) is 7.04. The molecule has 26 heavy (non-hydrogen) atoms. The molecule has 2 rings (SSSR count). The molecule has 0 aliphatic carbocycles. The molecule has 1 fully saturated rings. The zero-order chi connectivity index (χ0) is 18.6. The molecule has 0 aromatic heterocycles. The van der Waals surface area contributed by atoms with Crippen molar-refractivity contribution in [3.8, 4) is 0 Å². The van der Waals surface area contributed by atoms with E-state index in [1.165, 1.54) is 32.1 Å². The summed E-state index contributed by atoms with van der Waals surface area (Å²) in [5, 5.41) is 0. The van der Waals surface area contributed by atoms with Crippen LogP contribution < -0.4 is 5.73 Å². The van der Waals surface area contributed by atoms with Gasteiger partial charge in [-0.2, -0.15) is 0 Å². The number of nitrogens with two attached hydrogens (primary N) is 1. The molecule has 4 atom stereocenters. The van der Waals surface area contributed by atoms with Crippen molar-refractivity contribution < 1.29 is 14.2 Å². The summed E-state index contributed by atoms with van der Waals surface area (Å²) < 4.78 is 17.6. The van der Waals surface area contributed by atoms with Crippen molar-refractivity contribution in [3.05, 3.63) is 48.0 Å². The molecule has 1 heterocycles. The van der Waals surface area contributed by atoms with Crippen LogP contribution in [0.4, 0.5) is 0 Å². The third kappa shape index (κ3) is 6.84. The summed E-state index contributed by atoms with van der Waals surface area (Å²) in [7, 11) is 1.70. The largest absolute Gasteiger partial charge is 0.377 e. The van der Waals surface area contributed by atoms with Crippen molar-refractivity contribution in [2.45, 2.75) is 76.4 Å². The summed E-state index contributed by atoms with van der Waals surface area (Å²) in [6.07, 6.45) is 11.5. The van der Waals surface area contributed by atoms with Crippen LogP contribution >= 0.6 is 0 Å². The van der Waals surface area contributed by atoms with Gasteiger partial charge in [-0.3, -0.25) is 0 Å². The van der Waals surface area contributed by atoms with Crippen molar-refractivity contribution in [2.75, 3.05) is 13.7 Å². The maximum atomic E-state index is 6.39. The molecule has 2 N–H and O–H groups in total. The minimum atomic E-state index is -0.217. The van der Waals surface area contributed by atoms with Crippen LogP contribution in [0.25, 0.3) is 0 Å². The van der Waals surface area contributed by atoms with E-state index in [0.29, 0.717) is 13.2 Å². The van der Waals surface area contributed by atoms with E-state index in [1.54, 1.807) is 7.11 Å². The van der Waals surface area contributed by atoms with Crippen molar-refractivity contribution in [1.29, 1.82) is 0 Å². The fraction of sp³-hybridized carbons (Fsp3) is 0.636. The van der Waals surface area contributed by atoms with Gasteiger partial charge in [-0.25, -0.2) is 0 Å². The van der Waals surface area contributed by atoms with Gasteiger partial charge in [-0.1, -0.05) is 75.1 Å². The molecule has 0 amide bonds. The minimum Gasteiger partial charge on any atom is -0.377 e. The Labute approximate surface area is 158 Å². The predicted molar refractivity (Wildman–Crippen MR) is 106 cm³/mol. The van der Waals surface area contributed by atoms with Gasteiger partial charge in [0.15, 0.2) is 0 Å². The van der Waals surface area contributed by atoms with E-state index < -0.39 is 0 Å². The zero-order valence-corrected chi connectivity index (χ0v) is 16.3. The van der Waals surface area contributed by atoms with Crippen molar-refractivity contribution >= 4 is 0 Å². The second-order valence-electron chi connectivity index (χ2n) is 7.04. The Balaban J connectivity index is 1.76. The number of hydrogen-bond donors (Lipinski definition) is 1. The normalized spacial score (nSPS) is 26.4. The maximum absolute atomic E-state index is 6.39. The molecular weight excluding hydrogens is 326 g/mol. The highest BCUT2D eigenvalue weighted by atomic mass is 16.6. The van der Waals surface area contributed by atoms with Crippen LogP contribution in [0.5, 0.6) is 0 Å². The highest BCUT2D eigenvalue weighted by Crippen LogP contribution is 2.21. The smallest absolute Gasteiger partial charge is 0.109 e. The lowest BCUT2D eigenvalue weighted by molar-refractivity contribution is -0.158. The number of unbranched alkanes of at least 4 members (excludes halogenated alkanes) is 5. The number of ether oxygens (including phenoxy) is 3. The van der Waals surface area contributed by atoms with Crippen LogP contribution in [0.1, 0.15) is 51.0 Å². The second kappa shape index (κ2) is 12.2. The highest BCUT2D eigenvalue weighted by molar-refractivity contribution is 5.13. The highest BCUT2D eigenvalue weighted by Gasteiger charge is 2.38. The van der Waals surface area contributed by atoms with Crippen LogP contribution in [-0.4, -0.2) is 38.1 Å². The first kappa shape index (κ1) is 21.1. The number of rotatable bonds is 11. The van der Waals surface area contributed by atoms with Gasteiger partial charge in [0, 0.05) is 7.11 Å². The van der Waals surface area contributed by atoms with E-state index in [2.05, 4.69) is 31.2 Å². The van der Waals surface area contributed by atoms with E-state index in [0.717, 1.165) is 12.0 Å². The molecule has 1 aromatic rings. The van der Waals surface area contributed by atoms with Crippen molar-refractivity contribution in [2.24, 2.45) is 5.73 Å². The first-order valence-electron chi connectivity index (χ1n) is 9.98. The third-order valence-electron chi connectivity index (χ3n) is 4.96. The molecule has 4 heteroatoms. The fourth-order valence-electron chi connectivity index (χ4n) is 3.36. The average Bonchev–Trinajstić information content (AvgIpc) is 2.67. The molecule has 146 valence electrons. The summed E-state index contributed by atoms with van der Waals surface area (Å²) in [6.45, 7) is 3.29. The Kier molecular flexibility index (Phi) is 9.93. The van der Waals surface area contributed by atoms with Crippen LogP contribution in [0.15, 0.2) is 42.5 Å². The average molecular weight is 362 g/mol. The number of allylic oxidation sites excluding steroid dienone is 1. The summed E-state index contributed by atoms with van der Waals surface area (Å²) in [5.74, 6) is 0. The Bertz CT molecular complexity index is 505. The zero-order valence-electron chi connectivity index (χ0n) is 16.3. The molecule has 1 saturated heterocycles. The van der Waals surface area contributed by atoms with Gasteiger partial charge in [0.25, 0.3) is 0 Å². The molecule has 0 bridgehead atoms. The predicted octanol–water partition coefficient (Wildman–Crippen LogP) is 4.23. The topological polar surface area (TPSA) is 53.7 Å². The lowest BCUT2D eigenvalue weighted by Gasteiger charge is -2.39. The SMILES string of the molecule is CCCCCCC/C=C/[C@H]1OC[C@@H](OCc2ccccc2)C(OC)C1N. The van der Waals surface area contributed by atoms with Gasteiger partial charge in [0.1, 0.15) is 12.2 Å². The summed E-state index contributed by atoms with van der Waals surface area (Å²) >= 11 is 0. The Hall–Kier alpha value is -1.20. The number of methoxy groups -OCH3 is 1. The molecule has 1 aromatic carbocycles. The van der Waals surface area contributed by atoms with Crippen LogP contribution in [0.2, 0.25) is 0 Å². The van der Waals surface area contributed by atoms with E-state index in [4.69, 9.17) is 19.9 Å². The van der Waals surface area contributed by atoms with Crippen molar-refractivity contribution in [1.82, 2.24) is 0 Å². The number of benzene rings is 1. The molecule has 4 nitrogen and oxygen atoms in total. The van der Waals surface area contributed by atoms with Crippen LogP contribution in [-0.2, 0) is 20.8 Å². The standard InChI is InChI=1S/C22H35NO3/c1-3-4-5-6-7-8-12-15-19-21(23)22(24-2)20(17-26-19)25-16-18-13-10-9-11-14-18/h9-15,19-22H,3-8,16-17,23H2,1-2H3/b15-12+/t19-,20-,21?,22?/m1/s1.